The minimum absolute atomic E-state index is 0.139. The predicted molar refractivity (Wildman–Crippen MR) is 84.3 cm³/mol. The summed E-state index contributed by atoms with van der Waals surface area (Å²) in [6.07, 6.45) is -0.340. The number of hydrogen-bond acceptors (Lipinski definition) is 3. The molecule has 0 saturated carbocycles. The normalized spacial score (nSPS) is 15.1. The molecule has 1 amide bonds. The lowest BCUT2D eigenvalue weighted by Crippen LogP contribution is -2.48. The van der Waals surface area contributed by atoms with Gasteiger partial charge in [0.05, 0.1) is 0 Å². The van der Waals surface area contributed by atoms with Crippen molar-refractivity contribution in [3.05, 3.63) is 35.9 Å². The highest BCUT2D eigenvalue weighted by Gasteiger charge is 2.27. The molecule has 1 aromatic rings. The van der Waals surface area contributed by atoms with Gasteiger partial charge < -0.3 is 15.5 Å². The van der Waals surface area contributed by atoms with Crippen molar-refractivity contribution in [3.63, 3.8) is 0 Å². The summed E-state index contributed by atoms with van der Waals surface area (Å²) in [5.74, 6) is -1.86. The van der Waals surface area contributed by atoms with Gasteiger partial charge in [-0.05, 0) is 30.2 Å². The average Bonchev–Trinajstić information content (AvgIpc) is 2.46. The van der Waals surface area contributed by atoms with Gasteiger partial charge in [-0.3, -0.25) is 4.79 Å². The van der Waals surface area contributed by atoms with Gasteiger partial charge in [0.1, 0.15) is 12.1 Å². The summed E-state index contributed by atoms with van der Waals surface area (Å²) < 4.78 is 0. The van der Waals surface area contributed by atoms with Crippen LogP contribution in [0.25, 0.3) is 0 Å². The largest absolute Gasteiger partial charge is 0.480 e. The van der Waals surface area contributed by atoms with Gasteiger partial charge in [-0.1, -0.05) is 51.1 Å². The number of carbonyl (C=O) groups is 2. The lowest BCUT2D eigenvalue weighted by Gasteiger charge is -2.22. The minimum Gasteiger partial charge on any atom is -0.480 e. The van der Waals surface area contributed by atoms with Crippen LogP contribution in [-0.2, 0) is 16.0 Å². The molecule has 3 atom stereocenters. The number of carboxylic acid groups (broad SMARTS) is 1. The van der Waals surface area contributed by atoms with Crippen LogP contribution >= 0.6 is 0 Å². The molecule has 0 radical (unpaired) electrons. The van der Waals surface area contributed by atoms with Crippen LogP contribution in [0.15, 0.2) is 30.3 Å². The van der Waals surface area contributed by atoms with Gasteiger partial charge in [-0.2, -0.15) is 0 Å². The van der Waals surface area contributed by atoms with Crippen LogP contribution in [0.4, 0.5) is 0 Å². The van der Waals surface area contributed by atoms with E-state index in [2.05, 4.69) is 5.32 Å². The Morgan fingerprint density at radius 1 is 1.14 bits per heavy atom. The number of amides is 1. The molecule has 22 heavy (non-hydrogen) atoms. The third kappa shape index (κ3) is 5.85. The molecule has 0 bridgehead atoms. The Kier molecular flexibility index (Phi) is 7.05. The Morgan fingerprint density at radius 3 is 2.23 bits per heavy atom. The molecule has 0 spiro atoms. The van der Waals surface area contributed by atoms with E-state index in [-0.39, 0.29) is 11.8 Å². The highest BCUT2D eigenvalue weighted by Crippen LogP contribution is 2.13. The minimum atomic E-state index is -1.23. The molecular formula is C17H25NO4. The molecule has 0 saturated heterocycles. The first-order valence-corrected chi connectivity index (χ1v) is 7.56. The van der Waals surface area contributed by atoms with E-state index in [4.69, 9.17) is 5.11 Å². The zero-order valence-electron chi connectivity index (χ0n) is 13.3. The molecule has 5 nitrogen and oxygen atoms in total. The molecule has 1 aromatic carbocycles. The van der Waals surface area contributed by atoms with Crippen LogP contribution in [0, 0.1) is 11.8 Å². The van der Waals surface area contributed by atoms with Crippen molar-refractivity contribution in [1.29, 1.82) is 0 Å². The molecule has 0 aromatic heterocycles. The van der Waals surface area contributed by atoms with Crippen LogP contribution in [0.3, 0.4) is 0 Å². The smallest absolute Gasteiger partial charge is 0.326 e. The van der Waals surface area contributed by atoms with Gasteiger partial charge in [0.15, 0.2) is 0 Å². The molecule has 0 aliphatic carbocycles. The van der Waals surface area contributed by atoms with Gasteiger partial charge in [0.25, 0.3) is 0 Å². The molecule has 0 aliphatic rings. The second-order valence-corrected chi connectivity index (χ2v) is 6.14. The lowest BCUT2D eigenvalue weighted by molar-refractivity contribution is -0.144. The van der Waals surface area contributed by atoms with Gasteiger partial charge in [0.2, 0.25) is 5.91 Å². The summed E-state index contributed by atoms with van der Waals surface area (Å²) in [4.78, 5) is 23.2. The van der Waals surface area contributed by atoms with Crippen LogP contribution in [0.2, 0.25) is 0 Å². The Morgan fingerprint density at radius 2 is 1.73 bits per heavy atom. The zero-order valence-corrected chi connectivity index (χ0v) is 13.3. The van der Waals surface area contributed by atoms with E-state index in [1.807, 2.05) is 44.2 Å². The lowest BCUT2D eigenvalue weighted by atomic mass is 9.95. The first kappa shape index (κ1) is 18.2. The Labute approximate surface area is 131 Å². The summed E-state index contributed by atoms with van der Waals surface area (Å²) in [5, 5.41) is 21.7. The summed E-state index contributed by atoms with van der Waals surface area (Å²) in [6.45, 7) is 5.54. The number of aliphatic hydroxyl groups is 1. The number of rotatable bonds is 8. The van der Waals surface area contributed by atoms with Crippen molar-refractivity contribution in [2.45, 2.75) is 45.8 Å². The number of carbonyl (C=O) groups excluding carboxylic acids is 1. The van der Waals surface area contributed by atoms with E-state index in [1.54, 1.807) is 6.92 Å². The Balaban J connectivity index is 2.61. The fraction of sp³-hybridized carbons (Fsp3) is 0.529. The third-order valence-electron chi connectivity index (χ3n) is 3.53. The average molecular weight is 307 g/mol. The SMILES string of the molecule is CC(C)C[C@H](NC(=O)[C@@H](O)[C@@H](C)Cc1ccccc1)C(=O)O. The number of benzene rings is 1. The maximum Gasteiger partial charge on any atom is 0.326 e. The van der Waals surface area contributed by atoms with Crippen LogP contribution < -0.4 is 5.32 Å². The highest BCUT2D eigenvalue weighted by molar-refractivity contribution is 5.86. The van der Waals surface area contributed by atoms with Crippen molar-refractivity contribution < 1.29 is 19.8 Å². The van der Waals surface area contributed by atoms with E-state index in [0.29, 0.717) is 12.8 Å². The van der Waals surface area contributed by atoms with Crippen molar-refractivity contribution >= 4 is 11.9 Å². The molecule has 122 valence electrons. The van der Waals surface area contributed by atoms with E-state index in [1.165, 1.54) is 0 Å². The first-order valence-electron chi connectivity index (χ1n) is 7.56. The fourth-order valence-electron chi connectivity index (χ4n) is 2.31. The highest BCUT2D eigenvalue weighted by atomic mass is 16.4. The van der Waals surface area contributed by atoms with E-state index in [0.717, 1.165) is 5.56 Å². The Bertz CT molecular complexity index is 487. The van der Waals surface area contributed by atoms with E-state index >= 15 is 0 Å². The van der Waals surface area contributed by atoms with Crippen LogP contribution in [0.1, 0.15) is 32.8 Å². The molecule has 5 heteroatoms. The molecule has 0 fully saturated rings. The Hall–Kier alpha value is -1.88. The van der Waals surface area contributed by atoms with Crippen LogP contribution in [0.5, 0.6) is 0 Å². The molecule has 0 aliphatic heterocycles. The van der Waals surface area contributed by atoms with Crippen molar-refractivity contribution in [2.24, 2.45) is 11.8 Å². The van der Waals surface area contributed by atoms with Crippen molar-refractivity contribution in [3.8, 4) is 0 Å². The third-order valence-corrected chi connectivity index (χ3v) is 3.53. The fourth-order valence-corrected chi connectivity index (χ4v) is 2.31. The number of carboxylic acids is 1. The summed E-state index contributed by atoms with van der Waals surface area (Å²) >= 11 is 0. The van der Waals surface area contributed by atoms with Crippen molar-refractivity contribution in [1.82, 2.24) is 5.32 Å². The topological polar surface area (TPSA) is 86.6 Å². The van der Waals surface area contributed by atoms with Gasteiger partial charge in [-0.25, -0.2) is 4.79 Å². The van der Waals surface area contributed by atoms with Gasteiger partial charge in [-0.15, -0.1) is 0 Å². The summed E-state index contributed by atoms with van der Waals surface area (Å²) in [6, 6.07) is 8.60. The molecule has 0 heterocycles. The van der Waals surface area contributed by atoms with E-state index < -0.39 is 24.0 Å². The maximum atomic E-state index is 12.0. The monoisotopic (exact) mass is 307 g/mol. The summed E-state index contributed by atoms with van der Waals surface area (Å²) in [7, 11) is 0. The number of aliphatic carboxylic acids is 1. The number of aliphatic hydroxyl groups excluding tert-OH is 1. The summed E-state index contributed by atoms with van der Waals surface area (Å²) in [5.41, 5.74) is 1.03. The standard InChI is InChI=1S/C17H25NO4/c1-11(2)9-14(17(21)22)18-16(20)15(19)12(3)10-13-7-5-4-6-8-13/h4-8,11-12,14-15,19H,9-10H2,1-3H3,(H,18,20)(H,21,22)/t12-,14-,15-/m0/s1. The second kappa shape index (κ2) is 8.54. The van der Waals surface area contributed by atoms with Crippen molar-refractivity contribution in [2.75, 3.05) is 0 Å². The maximum absolute atomic E-state index is 12.0. The van der Waals surface area contributed by atoms with Gasteiger partial charge >= 0.3 is 5.97 Å². The molecular weight excluding hydrogens is 282 g/mol. The van der Waals surface area contributed by atoms with Gasteiger partial charge in [0, 0.05) is 0 Å². The molecule has 1 rings (SSSR count). The van der Waals surface area contributed by atoms with Crippen LogP contribution in [-0.4, -0.2) is 34.2 Å². The van der Waals surface area contributed by atoms with E-state index in [9.17, 15) is 14.7 Å². The quantitative estimate of drug-likeness (QED) is 0.684. The molecule has 0 unspecified atom stereocenters. The second-order valence-electron chi connectivity index (χ2n) is 6.14. The zero-order chi connectivity index (χ0) is 16.7. The first-order chi connectivity index (χ1) is 10.3. The molecule has 3 N–H and O–H groups in total. The number of hydrogen-bond donors (Lipinski definition) is 3. The number of nitrogens with one attached hydrogen (secondary N) is 1. The predicted octanol–water partition coefficient (Wildman–Crippen LogP) is 1.84.